The molecule has 3 rings (SSSR count). The predicted octanol–water partition coefficient (Wildman–Crippen LogP) is 2.79. The molecule has 1 heterocycles. The number of nitro benzene ring substituents is 1. The molecule has 2 amide bonds. The molecule has 2 aromatic rings. The van der Waals surface area contributed by atoms with Crippen molar-refractivity contribution in [3.05, 3.63) is 64.2 Å². The fourth-order valence-corrected chi connectivity index (χ4v) is 2.10. The molecule has 104 valence electrons. The molecule has 0 fully saturated rings. The maximum atomic E-state index is 12.2. The van der Waals surface area contributed by atoms with E-state index in [2.05, 4.69) is 10.5 Å². The van der Waals surface area contributed by atoms with Crippen molar-refractivity contribution in [2.45, 2.75) is 0 Å². The molecule has 0 unspecified atom stereocenters. The van der Waals surface area contributed by atoms with E-state index in [-0.39, 0.29) is 5.69 Å². The fraction of sp³-hybridized carbons (Fsp3) is 0. The van der Waals surface area contributed by atoms with Crippen LogP contribution in [0.4, 0.5) is 21.9 Å². The first-order valence-corrected chi connectivity index (χ1v) is 6.13. The van der Waals surface area contributed by atoms with Gasteiger partial charge in [-0.2, -0.15) is 5.10 Å². The number of non-ortho nitro benzene ring substituents is 1. The zero-order chi connectivity index (χ0) is 14.8. The second kappa shape index (κ2) is 5.04. The Bertz CT molecular complexity index is 740. The topological polar surface area (TPSA) is 87.8 Å². The van der Waals surface area contributed by atoms with E-state index in [9.17, 15) is 14.9 Å². The molecule has 1 aliphatic rings. The summed E-state index contributed by atoms with van der Waals surface area (Å²) < 4.78 is 0. The molecule has 0 atom stereocenters. The van der Waals surface area contributed by atoms with Crippen molar-refractivity contribution >= 4 is 29.3 Å². The lowest BCUT2D eigenvalue weighted by Crippen LogP contribution is -2.32. The van der Waals surface area contributed by atoms with Gasteiger partial charge in [0.05, 0.1) is 22.5 Å². The highest BCUT2D eigenvalue weighted by Crippen LogP contribution is 2.30. The number of hydrogen-bond donors (Lipinski definition) is 1. The first kappa shape index (κ1) is 12.8. The standard InChI is InChI=1S/C14H10N4O3/c19-14-16-15-9-10-3-1-2-4-13(10)17(14)11-5-7-12(8-6-11)18(20)21/h1-9H,(H,16,19). The van der Waals surface area contributed by atoms with Crippen LogP contribution >= 0.6 is 0 Å². The van der Waals surface area contributed by atoms with Crippen molar-refractivity contribution in [1.82, 2.24) is 5.43 Å². The summed E-state index contributed by atoms with van der Waals surface area (Å²) >= 11 is 0. The van der Waals surface area contributed by atoms with Gasteiger partial charge in [0.1, 0.15) is 0 Å². The summed E-state index contributed by atoms with van der Waals surface area (Å²) in [5.74, 6) is 0. The average molecular weight is 282 g/mol. The summed E-state index contributed by atoms with van der Waals surface area (Å²) in [6.07, 6.45) is 1.55. The molecular formula is C14H10N4O3. The maximum absolute atomic E-state index is 12.2. The summed E-state index contributed by atoms with van der Waals surface area (Å²) in [7, 11) is 0. The SMILES string of the molecule is O=C1NN=Cc2ccccc2N1c1ccc([N+](=O)[O-])cc1. The predicted molar refractivity (Wildman–Crippen MR) is 77.8 cm³/mol. The number of carbonyl (C=O) groups is 1. The molecule has 1 N–H and O–H groups in total. The number of nitrogens with zero attached hydrogens (tertiary/aromatic N) is 3. The summed E-state index contributed by atoms with van der Waals surface area (Å²) in [5.41, 5.74) is 4.32. The number of benzene rings is 2. The van der Waals surface area contributed by atoms with Crippen molar-refractivity contribution in [1.29, 1.82) is 0 Å². The van der Waals surface area contributed by atoms with E-state index in [4.69, 9.17) is 0 Å². The first-order valence-electron chi connectivity index (χ1n) is 6.13. The van der Waals surface area contributed by atoms with Gasteiger partial charge in [0.2, 0.25) is 0 Å². The number of hydrazone groups is 1. The molecule has 21 heavy (non-hydrogen) atoms. The van der Waals surface area contributed by atoms with E-state index in [1.165, 1.54) is 29.2 Å². The summed E-state index contributed by atoms with van der Waals surface area (Å²) in [4.78, 5) is 23.8. The maximum Gasteiger partial charge on any atom is 0.346 e. The molecule has 0 radical (unpaired) electrons. The lowest BCUT2D eigenvalue weighted by Gasteiger charge is -2.21. The van der Waals surface area contributed by atoms with Crippen molar-refractivity contribution in [2.75, 3.05) is 4.90 Å². The lowest BCUT2D eigenvalue weighted by atomic mass is 10.1. The van der Waals surface area contributed by atoms with Crippen LogP contribution in [0.2, 0.25) is 0 Å². The van der Waals surface area contributed by atoms with Crippen LogP contribution in [0, 0.1) is 10.1 Å². The smallest absolute Gasteiger partial charge is 0.261 e. The average Bonchev–Trinajstić information content (AvgIpc) is 2.65. The first-order chi connectivity index (χ1) is 10.2. The summed E-state index contributed by atoms with van der Waals surface area (Å²) in [5, 5.41) is 14.5. The Morgan fingerprint density at radius 1 is 1.10 bits per heavy atom. The number of nitrogens with one attached hydrogen (secondary N) is 1. The number of urea groups is 1. The van der Waals surface area contributed by atoms with Crippen LogP contribution in [0.25, 0.3) is 0 Å². The lowest BCUT2D eigenvalue weighted by molar-refractivity contribution is -0.384. The minimum Gasteiger partial charge on any atom is -0.261 e. The fourth-order valence-electron chi connectivity index (χ4n) is 2.10. The highest BCUT2D eigenvalue weighted by Gasteiger charge is 2.22. The highest BCUT2D eigenvalue weighted by molar-refractivity contribution is 6.06. The zero-order valence-electron chi connectivity index (χ0n) is 10.8. The molecule has 1 aliphatic heterocycles. The van der Waals surface area contributed by atoms with Gasteiger partial charge in [-0.15, -0.1) is 0 Å². The van der Waals surface area contributed by atoms with Crippen LogP contribution in [-0.4, -0.2) is 17.2 Å². The highest BCUT2D eigenvalue weighted by atomic mass is 16.6. The third kappa shape index (κ3) is 2.32. The minimum absolute atomic E-state index is 0.0292. The van der Waals surface area contributed by atoms with Crippen molar-refractivity contribution in [3.63, 3.8) is 0 Å². The van der Waals surface area contributed by atoms with Crippen LogP contribution in [0.1, 0.15) is 5.56 Å². The van der Waals surface area contributed by atoms with Gasteiger partial charge in [-0.25, -0.2) is 10.2 Å². The number of carbonyl (C=O) groups excluding carboxylic acids is 1. The molecule has 7 nitrogen and oxygen atoms in total. The van der Waals surface area contributed by atoms with Gasteiger partial charge < -0.3 is 0 Å². The molecule has 0 aliphatic carbocycles. The van der Waals surface area contributed by atoms with Gasteiger partial charge in [0.15, 0.2) is 0 Å². The Morgan fingerprint density at radius 3 is 2.52 bits per heavy atom. The number of nitro groups is 1. The third-order valence-electron chi connectivity index (χ3n) is 3.06. The molecule has 0 bridgehead atoms. The second-order valence-corrected chi connectivity index (χ2v) is 4.34. The number of para-hydroxylation sites is 1. The Kier molecular flexibility index (Phi) is 3.07. The van der Waals surface area contributed by atoms with E-state index >= 15 is 0 Å². The molecule has 0 saturated heterocycles. The van der Waals surface area contributed by atoms with E-state index in [0.717, 1.165) is 5.56 Å². The largest absolute Gasteiger partial charge is 0.346 e. The van der Waals surface area contributed by atoms with E-state index in [1.807, 2.05) is 18.2 Å². The quantitative estimate of drug-likeness (QED) is 0.678. The number of amides is 2. The molecular weight excluding hydrogens is 272 g/mol. The number of anilines is 2. The second-order valence-electron chi connectivity index (χ2n) is 4.34. The Hall–Kier alpha value is -3.22. The Labute approximate surface area is 119 Å². The van der Waals surface area contributed by atoms with Crippen LogP contribution in [0.5, 0.6) is 0 Å². The van der Waals surface area contributed by atoms with Crippen LogP contribution in [0.3, 0.4) is 0 Å². The molecule has 0 saturated carbocycles. The van der Waals surface area contributed by atoms with E-state index < -0.39 is 11.0 Å². The van der Waals surface area contributed by atoms with E-state index in [0.29, 0.717) is 11.4 Å². The van der Waals surface area contributed by atoms with Crippen molar-refractivity contribution in [3.8, 4) is 0 Å². The zero-order valence-corrected chi connectivity index (χ0v) is 10.8. The van der Waals surface area contributed by atoms with Gasteiger partial charge >= 0.3 is 6.03 Å². The molecule has 2 aromatic carbocycles. The van der Waals surface area contributed by atoms with Crippen LogP contribution in [0.15, 0.2) is 53.6 Å². The van der Waals surface area contributed by atoms with Crippen molar-refractivity contribution in [2.24, 2.45) is 5.10 Å². The molecule has 7 heteroatoms. The number of hydrogen-bond acceptors (Lipinski definition) is 4. The van der Waals surface area contributed by atoms with Gasteiger partial charge in [-0.1, -0.05) is 18.2 Å². The third-order valence-corrected chi connectivity index (χ3v) is 3.06. The van der Waals surface area contributed by atoms with Crippen LogP contribution < -0.4 is 10.3 Å². The molecule has 0 aromatic heterocycles. The van der Waals surface area contributed by atoms with Crippen LogP contribution in [-0.2, 0) is 0 Å². The van der Waals surface area contributed by atoms with Crippen molar-refractivity contribution < 1.29 is 9.72 Å². The number of fused-ring (bicyclic) bond motifs is 1. The molecule has 0 spiro atoms. The number of rotatable bonds is 2. The Morgan fingerprint density at radius 2 is 1.81 bits per heavy atom. The summed E-state index contributed by atoms with van der Waals surface area (Å²) in [6, 6.07) is 12.6. The van der Waals surface area contributed by atoms with Gasteiger partial charge in [-0.3, -0.25) is 15.0 Å². The Balaban J connectivity index is 2.08. The van der Waals surface area contributed by atoms with Gasteiger partial charge in [-0.05, 0) is 18.2 Å². The van der Waals surface area contributed by atoms with E-state index in [1.54, 1.807) is 12.3 Å². The summed E-state index contributed by atoms with van der Waals surface area (Å²) in [6.45, 7) is 0. The van der Waals surface area contributed by atoms with Gasteiger partial charge in [0.25, 0.3) is 5.69 Å². The van der Waals surface area contributed by atoms with Gasteiger partial charge in [0, 0.05) is 17.7 Å². The monoisotopic (exact) mass is 282 g/mol. The normalized spacial score (nSPS) is 13.3. The minimum atomic E-state index is -0.483.